The minimum absolute atomic E-state index is 0.0247. The Morgan fingerprint density at radius 2 is 1.86 bits per heavy atom. The van der Waals surface area contributed by atoms with Crippen LogP contribution in [0.5, 0.6) is 5.75 Å². The lowest BCUT2D eigenvalue weighted by atomic mass is 9.74. The van der Waals surface area contributed by atoms with Crippen LogP contribution in [0.2, 0.25) is 0 Å². The molecule has 1 aromatic carbocycles. The number of likely N-dealkylation sites (tertiary alicyclic amines) is 1. The van der Waals surface area contributed by atoms with Crippen molar-refractivity contribution in [1.82, 2.24) is 9.80 Å². The second-order valence-corrected chi connectivity index (χ2v) is 11.0. The van der Waals surface area contributed by atoms with E-state index in [4.69, 9.17) is 4.74 Å². The van der Waals surface area contributed by atoms with E-state index in [0.29, 0.717) is 37.8 Å². The fraction of sp³-hybridized carbons (Fsp3) is 0.652. The number of alkyl halides is 3. The first-order valence-electron chi connectivity index (χ1n) is 11.8. The number of likely N-dealkylation sites (N-methyl/N-ethyl adjacent to an activating group) is 1. The summed E-state index contributed by atoms with van der Waals surface area (Å²) in [5.41, 5.74) is -6.11. The van der Waals surface area contributed by atoms with E-state index in [1.54, 1.807) is 11.9 Å². The number of piperidine rings is 1. The van der Waals surface area contributed by atoms with Crippen LogP contribution in [-0.4, -0.2) is 68.8 Å². The zero-order chi connectivity index (χ0) is 25.4. The maximum atomic E-state index is 13.0. The van der Waals surface area contributed by atoms with Crippen molar-refractivity contribution < 1.29 is 40.1 Å². The van der Waals surface area contributed by atoms with Crippen LogP contribution in [-0.2, 0) is 25.3 Å². The normalized spacial score (nSPS) is 25.3. The lowest BCUT2D eigenvalue weighted by Gasteiger charge is -2.37. The van der Waals surface area contributed by atoms with Gasteiger partial charge in [0.2, 0.25) is 5.91 Å². The van der Waals surface area contributed by atoms with Crippen LogP contribution >= 0.6 is 0 Å². The number of carbonyl (C=O) groups excluding carboxylic acids is 2. The molecule has 1 saturated heterocycles. The maximum Gasteiger partial charge on any atom is 0.534 e. The molecule has 0 unspecified atom stereocenters. The quantitative estimate of drug-likeness (QED) is 0.324. The highest BCUT2D eigenvalue weighted by Crippen LogP contribution is 2.49. The van der Waals surface area contributed by atoms with E-state index in [1.165, 1.54) is 25.3 Å². The maximum absolute atomic E-state index is 13.0. The summed E-state index contributed by atoms with van der Waals surface area (Å²) in [4.78, 5) is 29.6. The third-order valence-electron chi connectivity index (χ3n) is 7.20. The fourth-order valence-electron chi connectivity index (χ4n) is 5.20. The summed E-state index contributed by atoms with van der Waals surface area (Å²) >= 11 is 0. The second kappa shape index (κ2) is 9.61. The first-order chi connectivity index (χ1) is 16.4. The molecule has 1 spiro atoms. The Hall–Kier alpha value is -2.34. The van der Waals surface area contributed by atoms with Crippen molar-refractivity contribution in [3.63, 3.8) is 0 Å². The molecule has 1 amide bonds. The van der Waals surface area contributed by atoms with Crippen molar-refractivity contribution in [1.29, 1.82) is 0 Å². The van der Waals surface area contributed by atoms with Gasteiger partial charge in [0, 0.05) is 31.6 Å². The summed E-state index contributed by atoms with van der Waals surface area (Å²) < 4.78 is 70.2. The Labute approximate surface area is 202 Å². The van der Waals surface area contributed by atoms with Gasteiger partial charge in [-0.15, -0.1) is 0 Å². The Kier molecular flexibility index (Phi) is 7.07. The topological polar surface area (TPSA) is 93.2 Å². The van der Waals surface area contributed by atoms with Crippen molar-refractivity contribution in [2.75, 3.05) is 33.2 Å². The predicted molar refractivity (Wildman–Crippen MR) is 119 cm³/mol. The highest BCUT2D eigenvalue weighted by molar-refractivity contribution is 7.88. The first kappa shape index (κ1) is 25.7. The number of benzene rings is 1. The van der Waals surface area contributed by atoms with Crippen LogP contribution in [0.15, 0.2) is 18.2 Å². The minimum atomic E-state index is -5.85. The minimum Gasteiger partial charge on any atom is -0.451 e. The average molecular weight is 519 g/mol. The molecule has 0 bridgehead atoms. The van der Waals surface area contributed by atoms with Gasteiger partial charge in [0.15, 0.2) is 0 Å². The zero-order valence-corrected chi connectivity index (χ0v) is 20.3. The largest absolute Gasteiger partial charge is 0.534 e. The molecule has 2 fully saturated rings. The summed E-state index contributed by atoms with van der Waals surface area (Å²) in [5.74, 6) is -1.51. The van der Waals surface area contributed by atoms with Gasteiger partial charge >= 0.3 is 21.6 Å². The molecule has 1 aliphatic carbocycles. The van der Waals surface area contributed by atoms with E-state index in [1.807, 2.05) is 0 Å². The van der Waals surface area contributed by atoms with Crippen LogP contribution in [0.25, 0.3) is 0 Å². The molecule has 0 radical (unpaired) electrons. The third-order valence-corrected chi connectivity index (χ3v) is 8.18. The number of ether oxygens (including phenoxy) is 1. The molecule has 4 rings (SSSR count). The van der Waals surface area contributed by atoms with Crippen molar-refractivity contribution in [2.24, 2.45) is 5.92 Å². The SMILES string of the molecule is CN(CCN1CCCCC1)C(=O)C1CCC2(CC1)OC(=O)c1cc(OS(=O)(=O)C(F)(F)F)ccc12. The van der Waals surface area contributed by atoms with E-state index < -0.39 is 32.9 Å². The molecule has 3 aliphatic rings. The van der Waals surface area contributed by atoms with Crippen molar-refractivity contribution >= 4 is 22.0 Å². The number of fused-ring (bicyclic) bond motifs is 2. The number of amides is 1. The molecule has 0 aromatic heterocycles. The lowest BCUT2D eigenvalue weighted by molar-refractivity contribution is -0.137. The van der Waals surface area contributed by atoms with Crippen molar-refractivity contribution in [2.45, 2.75) is 56.1 Å². The van der Waals surface area contributed by atoms with Crippen LogP contribution in [0.1, 0.15) is 60.9 Å². The van der Waals surface area contributed by atoms with Crippen LogP contribution in [0, 0.1) is 5.92 Å². The van der Waals surface area contributed by atoms with E-state index in [-0.39, 0.29) is 17.4 Å². The molecule has 1 aromatic rings. The molecule has 8 nitrogen and oxygen atoms in total. The highest BCUT2D eigenvalue weighted by Gasteiger charge is 2.50. The standard InChI is InChI=1S/C23H29F3N2O6S/c1-27(13-14-28-11-3-2-4-12-28)20(29)16-7-9-22(10-8-16)19-6-5-17(15-18(19)21(30)33-22)34-35(31,32)23(24,25)26/h5-6,15-16H,2-4,7-14H2,1H3. The Morgan fingerprint density at radius 3 is 2.49 bits per heavy atom. The summed E-state index contributed by atoms with van der Waals surface area (Å²) in [6, 6.07) is 3.41. The van der Waals surface area contributed by atoms with E-state index in [0.717, 1.165) is 31.8 Å². The fourth-order valence-corrected chi connectivity index (χ4v) is 5.65. The van der Waals surface area contributed by atoms with Gasteiger partial charge in [0.25, 0.3) is 0 Å². The van der Waals surface area contributed by atoms with E-state index in [9.17, 15) is 31.2 Å². The lowest BCUT2D eigenvalue weighted by Crippen LogP contribution is -2.43. The van der Waals surface area contributed by atoms with Gasteiger partial charge in [-0.1, -0.05) is 12.5 Å². The second-order valence-electron chi connectivity index (χ2n) is 9.51. The van der Waals surface area contributed by atoms with E-state index >= 15 is 0 Å². The van der Waals surface area contributed by atoms with Crippen LogP contribution < -0.4 is 4.18 Å². The molecule has 0 atom stereocenters. The first-order valence-corrected chi connectivity index (χ1v) is 13.2. The molecule has 1 saturated carbocycles. The van der Waals surface area contributed by atoms with Crippen molar-refractivity contribution in [3.8, 4) is 5.75 Å². The summed E-state index contributed by atoms with van der Waals surface area (Å²) in [7, 11) is -4.05. The van der Waals surface area contributed by atoms with Gasteiger partial charge in [-0.05, 0) is 63.7 Å². The molecule has 194 valence electrons. The molecule has 2 heterocycles. The zero-order valence-electron chi connectivity index (χ0n) is 19.5. The molecular formula is C23H29F3N2O6S. The van der Waals surface area contributed by atoms with Gasteiger partial charge < -0.3 is 18.7 Å². The third kappa shape index (κ3) is 5.28. The van der Waals surface area contributed by atoms with Gasteiger partial charge in [0.05, 0.1) is 5.56 Å². The molecule has 0 N–H and O–H groups in total. The molecular weight excluding hydrogens is 489 g/mol. The molecule has 12 heteroatoms. The number of carbonyl (C=O) groups is 2. The summed E-state index contributed by atoms with van der Waals surface area (Å²) in [5, 5.41) is 0. The highest BCUT2D eigenvalue weighted by atomic mass is 32.2. The Bertz CT molecular complexity index is 1080. The van der Waals surface area contributed by atoms with Gasteiger partial charge in [-0.25, -0.2) is 4.79 Å². The smallest absolute Gasteiger partial charge is 0.451 e. The average Bonchev–Trinajstić information content (AvgIpc) is 3.07. The Morgan fingerprint density at radius 1 is 1.20 bits per heavy atom. The van der Waals surface area contributed by atoms with Crippen molar-refractivity contribution in [3.05, 3.63) is 29.3 Å². The Balaban J connectivity index is 1.38. The van der Waals surface area contributed by atoms with Crippen LogP contribution in [0.4, 0.5) is 13.2 Å². The summed E-state index contributed by atoms with van der Waals surface area (Å²) in [6.07, 6.45) is 5.42. The number of nitrogens with zero attached hydrogens (tertiary/aromatic N) is 2. The summed E-state index contributed by atoms with van der Waals surface area (Å²) in [6.45, 7) is 3.63. The monoisotopic (exact) mass is 518 g/mol. The van der Waals surface area contributed by atoms with Crippen LogP contribution in [0.3, 0.4) is 0 Å². The predicted octanol–water partition coefficient (Wildman–Crippen LogP) is 3.42. The van der Waals surface area contributed by atoms with Gasteiger partial charge in [-0.2, -0.15) is 21.6 Å². The van der Waals surface area contributed by atoms with E-state index in [2.05, 4.69) is 9.08 Å². The number of hydrogen-bond donors (Lipinski definition) is 0. The molecule has 35 heavy (non-hydrogen) atoms. The molecule has 2 aliphatic heterocycles. The number of hydrogen-bond acceptors (Lipinski definition) is 7. The van der Waals surface area contributed by atoms with Gasteiger partial charge in [-0.3, -0.25) is 4.79 Å². The van der Waals surface area contributed by atoms with Gasteiger partial charge in [0.1, 0.15) is 11.4 Å². The number of esters is 1. The number of rotatable bonds is 6. The number of halogens is 3.